The van der Waals surface area contributed by atoms with E-state index in [1.54, 1.807) is 20.8 Å². The zero-order chi connectivity index (χ0) is 15.0. The van der Waals surface area contributed by atoms with Gasteiger partial charge in [-0.2, -0.15) is 0 Å². The molecule has 0 spiro atoms. The van der Waals surface area contributed by atoms with Gasteiger partial charge in [0.25, 0.3) is 0 Å². The minimum absolute atomic E-state index is 0.106. The highest BCUT2D eigenvalue weighted by Crippen LogP contribution is 2.19. The van der Waals surface area contributed by atoms with Crippen LogP contribution in [0.4, 0.5) is 0 Å². The van der Waals surface area contributed by atoms with Gasteiger partial charge >= 0.3 is 7.41 Å². The van der Waals surface area contributed by atoms with Crippen molar-refractivity contribution in [3.63, 3.8) is 0 Å². The Kier molecular flexibility index (Phi) is 4.25. The minimum Gasteiger partial charge on any atom is -0.322 e. The van der Waals surface area contributed by atoms with Crippen molar-refractivity contribution in [3.05, 3.63) is 0 Å². The number of nitrogens with one attached hydrogen (secondary N) is 1. The molecule has 1 heterocycles. The lowest BCUT2D eigenvalue weighted by Crippen LogP contribution is -2.49. The highest BCUT2D eigenvalue weighted by Gasteiger charge is 2.42. The second kappa shape index (κ2) is 5.08. The Morgan fingerprint density at radius 1 is 1.21 bits per heavy atom. The largest absolute Gasteiger partial charge is 0.327 e. The molecule has 1 N–H and O–H groups in total. The fourth-order valence-corrected chi connectivity index (χ4v) is 1.87. The van der Waals surface area contributed by atoms with Crippen molar-refractivity contribution < 1.29 is 14.4 Å². The maximum Gasteiger partial charge on any atom is 0.327 e. The van der Waals surface area contributed by atoms with Crippen molar-refractivity contribution >= 4 is 24.9 Å². The minimum atomic E-state index is -0.546. The van der Waals surface area contributed by atoms with Gasteiger partial charge in [0.1, 0.15) is 5.68 Å². The van der Waals surface area contributed by atoms with Gasteiger partial charge in [-0.1, -0.05) is 20.8 Å². The summed E-state index contributed by atoms with van der Waals surface area (Å²) in [6, 6.07) is -0.514. The lowest BCUT2D eigenvalue weighted by Gasteiger charge is -2.25. The predicted octanol–water partition coefficient (Wildman–Crippen LogP) is 0.426. The topological polar surface area (TPSA) is 66.5 Å². The first-order valence-corrected chi connectivity index (χ1v) is 6.57. The molecule has 2 amide bonds. The highest BCUT2D eigenvalue weighted by atomic mass is 16.2. The Morgan fingerprint density at radius 3 is 2.16 bits per heavy atom. The van der Waals surface area contributed by atoms with Crippen LogP contribution in [0.2, 0.25) is 0 Å². The molecule has 19 heavy (non-hydrogen) atoms. The van der Waals surface area contributed by atoms with E-state index in [9.17, 15) is 14.4 Å². The molecule has 6 heteroatoms. The molecule has 0 radical (unpaired) electrons. The number of carbonyl (C=O) groups excluding carboxylic acids is 3. The van der Waals surface area contributed by atoms with Gasteiger partial charge < -0.3 is 14.9 Å². The summed E-state index contributed by atoms with van der Waals surface area (Å²) in [6.45, 7) is 11.2. The van der Waals surface area contributed by atoms with Gasteiger partial charge in [0.05, 0.1) is 12.5 Å². The monoisotopic (exact) mass is 266 g/mol. The van der Waals surface area contributed by atoms with E-state index in [-0.39, 0.29) is 36.9 Å². The van der Waals surface area contributed by atoms with Crippen molar-refractivity contribution in [2.75, 3.05) is 0 Å². The summed E-state index contributed by atoms with van der Waals surface area (Å²) in [4.78, 5) is 37.0. The fourth-order valence-electron chi connectivity index (χ4n) is 1.87. The van der Waals surface area contributed by atoms with Crippen LogP contribution in [0, 0.1) is 5.41 Å². The molecule has 1 atom stereocenters. The normalized spacial score (nSPS) is 20.9. The third-order valence-electron chi connectivity index (χ3n) is 2.99. The Labute approximate surface area is 115 Å². The molecule has 1 aliphatic rings. The molecule has 0 bridgehead atoms. The number of amides is 2. The molecule has 1 unspecified atom stereocenters. The smallest absolute Gasteiger partial charge is 0.322 e. The summed E-state index contributed by atoms with van der Waals surface area (Å²) in [5.41, 5.74) is -0.897. The zero-order valence-corrected chi connectivity index (χ0v) is 12.7. The molecule has 0 aromatic rings. The number of carbonyl (C=O) groups is 3. The summed E-state index contributed by atoms with van der Waals surface area (Å²) < 4.78 is 0. The first-order chi connectivity index (χ1) is 8.42. The van der Waals surface area contributed by atoms with Crippen LogP contribution in [-0.4, -0.2) is 41.3 Å². The second-order valence-electron chi connectivity index (χ2n) is 7.14. The standard InChI is InChI=1S/C13H23BN2O3/c1-12(2,3)11(19)14-16-9(17)7-8(10(16)18)15-13(4,5)6/h8,14-15H,7H2,1-6H3. The van der Waals surface area contributed by atoms with E-state index in [2.05, 4.69) is 5.32 Å². The highest BCUT2D eigenvalue weighted by molar-refractivity contribution is 6.76. The van der Waals surface area contributed by atoms with E-state index < -0.39 is 11.5 Å². The average Bonchev–Trinajstić information content (AvgIpc) is 2.41. The maximum atomic E-state index is 12.1. The molecule has 1 fully saturated rings. The van der Waals surface area contributed by atoms with Crippen LogP contribution in [0.3, 0.4) is 0 Å². The molecule has 0 aromatic heterocycles. The molecule has 1 aliphatic heterocycles. The Hall–Kier alpha value is -1.17. The van der Waals surface area contributed by atoms with Crippen LogP contribution in [0.15, 0.2) is 0 Å². The van der Waals surface area contributed by atoms with Gasteiger partial charge in [0.15, 0.2) is 0 Å². The van der Waals surface area contributed by atoms with Crippen molar-refractivity contribution in [3.8, 4) is 0 Å². The predicted molar refractivity (Wildman–Crippen MR) is 74.8 cm³/mol. The molecule has 1 saturated heterocycles. The van der Waals surface area contributed by atoms with Crippen LogP contribution in [0.25, 0.3) is 0 Å². The van der Waals surface area contributed by atoms with E-state index in [4.69, 9.17) is 0 Å². The number of hydrogen-bond donors (Lipinski definition) is 1. The number of hydrogen-bond acceptors (Lipinski definition) is 4. The Balaban J connectivity index is 2.75. The van der Waals surface area contributed by atoms with E-state index in [0.717, 1.165) is 4.81 Å². The van der Waals surface area contributed by atoms with E-state index in [1.165, 1.54) is 0 Å². The average molecular weight is 266 g/mol. The number of imide groups is 1. The van der Waals surface area contributed by atoms with E-state index >= 15 is 0 Å². The first kappa shape index (κ1) is 15.9. The van der Waals surface area contributed by atoms with Gasteiger partial charge in [0, 0.05) is 11.0 Å². The molecule has 0 aromatic carbocycles. The van der Waals surface area contributed by atoms with Gasteiger partial charge in [-0.25, -0.2) is 0 Å². The molecule has 0 saturated carbocycles. The second-order valence-corrected chi connectivity index (χ2v) is 7.14. The zero-order valence-electron chi connectivity index (χ0n) is 12.7. The quantitative estimate of drug-likeness (QED) is 0.594. The fraction of sp³-hybridized carbons (Fsp3) is 0.769. The molecular weight excluding hydrogens is 243 g/mol. The summed E-state index contributed by atoms with van der Waals surface area (Å²) in [5, 5.41) is 3.12. The Bertz CT molecular complexity index is 407. The summed E-state index contributed by atoms with van der Waals surface area (Å²) >= 11 is 0. The van der Waals surface area contributed by atoms with Crippen molar-refractivity contribution in [1.29, 1.82) is 0 Å². The lowest BCUT2D eigenvalue weighted by atomic mass is 9.70. The van der Waals surface area contributed by atoms with Crippen LogP contribution in [0.5, 0.6) is 0 Å². The third-order valence-corrected chi connectivity index (χ3v) is 2.99. The van der Waals surface area contributed by atoms with Crippen LogP contribution in [0.1, 0.15) is 48.0 Å². The molecule has 5 nitrogen and oxygen atoms in total. The van der Waals surface area contributed by atoms with Crippen LogP contribution >= 0.6 is 0 Å². The maximum absolute atomic E-state index is 12.1. The summed E-state index contributed by atoms with van der Waals surface area (Å²) in [6.07, 6.45) is 0.132. The lowest BCUT2D eigenvalue weighted by molar-refractivity contribution is -0.134. The number of rotatable bonds is 3. The van der Waals surface area contributed by atoms with Crippen molar-refractivity contribution in [1.82, 2.24) is 10.1 Å². The molecule has 106 valence electrons. The number of nitrogens with zero attached hydrogens (tertiary/aromatic N) is 1. The van der Waals surface area contributed by atoms with Crippen LogP contribution in [-0.2, 0) is 14.4 Å². The molecule has 1 rings (SSSR count). The Morgan fingerprint density at radius 2 is 1.74 bits per heavy atom. The third kappa shape index (κ3) is 4.16. The van der Waals surface area contributed by atoms with Gasteiger partial charge in [-0.15, -0.1) is 0 Å². The first-order valence-electron chi connectivity index (χ1n) is 6.57. The van der Waals surface area contributed by atoms with Crippen molar-refractivity contribution in [2.45, 2.75) is 59.5 Å². The van der Waals surface area contributed by atoms with Crippen LogP contribution < -0.4 is 5.32 Å². The van der Waals surface area contributed by atoms with Gasteiger partial charge in [-0.05, 0) is 20.8 Å². The SMILES string of the molecule is CC(C)(C)NC1CC(=O)N(BC(=O)C(C)(C)C)C1=O. The van der Waals surface area contributed by atoms with Gasteiger partial charge in [0.2, 0.25) is 11.8 Å². The molecular formula is C13H23BN2O3. The molecule has 0 aliphatic carbocycles. The van der Waals surface area contributed by atoms with Gasteiger partial charge in [-0.3, -0.25) is 9.59 Å². The van der Waals surface area contributed by atoms with E-state index in [1.807, 2.05) is 20.8 Å². The van der Waals surface area contributed by atoms with Crippen molar-refractivity contribution in [2.24, 2.45) is 5.41 Å². The summed E-state index contributed by atoms with van der Waals surface area (Å²) in [7, 11) is -0.122. The summed E-state index contributed by atoms with van der Waals surface area (Å²) in [5.74, 6) is -0.568. The van der Waals surface area contributed by atoms with E-state index in [0.29, 0.717) is 0 Å².